The van der Waals surface area contributed by atoms with Crippen molar-refractivity contribution < 1.29 is 9.90 Å². The molecule has 2 fully saturated rings. The highest BCUT2D eigenvalue weighted by molar-refractivity contribution is 5.74. The molecule has 3 heteroatoms. The molecular weight excluding hydrogens is 154 g/mol. The van der Waals surface area contributed by atoms with E-state index >= 15 is 0 Å². The van der Waals surface area contributed by atoms with E-state index in [0.717, 1.165) is 13.0 Å². The van der Waals surface area contributed by atoms with Gasteiger partial charge in [-0.3, -0.25) is 4.79 Å². The van der Waals surface area contributed by atoms with Crippen molar-refractivity contribution in [3.05, 3.63) is 0 Å². The van der Waals surface area contributed by atoms with Crippen molar-refractivity contribution in [2.75, 3.05) is 6.54 Å². The molecule has 68 valence electrons. The van der Waals surface area contributed by atoms with Crippen LogP contribution in [0.2, 0.25) is 0 Å². The van der Waals surface area contributed by atoms with Crippen molar-refractivity contribution >= 4 is 5.97 Å². The van der Waals surface area contributed by atoms with Gasteiger partial charge in [-0.2, -0.15) is 0 Å². The lowest BCUT2D eigenvalue weighted by Gasteiger charge is -2.10. The lowest BCUT2D eigenvalue weighted by atomic mass is 9.93. The largest absolute Gasteiger partial charge is 0.480 e. The van der Waals surface area contributed by atoms with Crippen molar-refractivity contribution in [2.24, 2.45) is 10.8 Å². The van der Waals surface area contributed by atoms with Gasteiger partial charge in [-0.25, -0.2) is 0 Å². The summed E-state index contributed by atoms with van der Waals surface area (Å²) in [6.07, 6.45) is 1.99. The summed E-state index contributed by atoms with van der Waals surface area (Å²) in [7, 11) is 0. The third kappa shape index (κ3) is 0.891. The first-order chi connectivity index (χ1) is 5.47. The molecule has 0 aromatic heterocycles. The van der Waals surface area contributed by atoms with Gasteiger partial charge >= 0.3 is 5.97 Å². The molecule has 0 aromatic carbocycles. The van der Waals surface area contributed by atoms with Gasteiger partial charge in [-0.1, -0.05) is 13.8 Å². The molecule has 1 aliphatic heterocycles. The lowest BCUT2D eigenvalue weighted by molar-refractivity contribution is -0.139. The van der Waals surface area contributed by atoms with Crippen molar-refractivity contribution in [3.8, 4) is 0 Å². The smallest absolute Gasteiger partial charge is 0.320 e. The molecule has 12 heavy (non-hydrogen) atoms. The van der Waals surface area contributed by atoms with Gasteiger partial charge in [0.15, 0.2) is 0 Å². The predicted molar refractivity (Wildman–Crippen MR) is 44.9 cm³/mol. The molecule has 0 aromatic rings. The number of hydrogen-bond donors (Lipinski definition) is 2. The molecule has 1 unspecified atom stereocenters. The third-order valence-corrected chi connectivity index (χ3v) is 3.67. The van der Waals surface area contributed by atoms with Crippen molar-refractivity contribution in [1.82, 2.24) is 5.32 Å². The molecule has 1 spiro atoms. The third-order valence-electron chi connectivity index (χ3n) is 3.67. The van der Waals surface area contributed by atoms with Crippen LogP contribution < -0.4 is 5.32 Å². The minimum absolute atomic E-state index is 0.299. The van der Waals surface area contributed by atoms with Gasteiger partial charge in [-0.15, -0.1) is 0 Å². The maximum atomic E-state index is 10.7. The molecular formula is C9H15NO2. The van der Waals surface area contributed by atoms with Crippen LogP contribution in [0.25, 0.3) is 0 Å². The van der Waals surface area contributed by atoms with E-state index in [-0.39, 0.29) is 6.04 Å². The zero-order valence-corrected chi connectivity index (χ0v) is 7.55. The number of nitrogens with one attached hydrogen (secondary N) is 1. The van der Waals surface area contributed by atoms with E-state index in [2.05, 4.69) is 19.2 Å². The minimum atomic E-state index is -0.699. The van der Waals surface area contributed by atoms with Crippen molar-refractivity contribution in [3.63, 3.8) is 0 Å². The molecule has 0 radical (unpaired) electrons. The topological polar surface area (TPSA) is 49.3 Å². The maximum absolute atomic E-state index is 10.7. The second-order valence-electron chi connectivity index (χ2n) is 4.82. The summed E-state index contributed by atoms with van der Waals surface area (Å²) in [6.45, 7) is 5.33. The van der Waals surface area contributed by atoms with Crippen LogP contribution in [-0.4, -0.2) is 23.7 Å². The Bertz CT molecular complexity index is 237. The molecule has 3 nitrogen and oxygen atoms in total. The van der Waals surface area contributed by atoms with Gasteiger partial charge in [-0.05, 0) is 23.7 Å². The van der Waals surface area contributed by atoms with E-state index in [0.29, 0.717) is 10.8 Å². The van der Waals surface area contributed by atoms with Crippen LogP contribution in [0.5, 0.6) is 0 Å². The Hall–Kier alpha value is -0.570. The molecule has 2 atom stereocenters. The Morgan fingerprint density at radius 2 is 2.17 bits per heavy atom. The molecule has 1 saturated heterocycles. The summed E-state index contributed by atoms with van der Waals surface area (Å²) in [6, 6.07) is -0.299. The van der Waals surface area contributed by atoms with E-state index in [1.807, 2.05) is 0 Å². The van der Waals surface area contributed by atoms with E-state index in [9.17, 15) is 4.79 Å². The van der Waals surface area contributed by atoms with Crippen molar-refractivity contribution in [2.45, 2.75) is 32.7 Å². The van der Waals surface area contributed by atoms with Crippen LogP contribution >= 0.6 is 0 Å². The zero-order chi connectivity index (χ0) is 8.98. The Kier molecular flexibility index (Phi) is 1.35. The second kappa shape index (κ2) is 2.02. The van der Waals surface area contributed by atoms with Gasteiger partial charge in [0.2, 0.25) is 0 Å². The Balaban J connectivity index is 2.05. The quantitative estimate of drug-likeness (QED) is 0.611. The maximum Gasteiger partial charge on any atom is 0.320 e. The van der Waals surface area contributed by atoms with E-state index in [1.54, 1.807) is 0 Å². The standard InChI is InChI=1S/C9H15NO2/c1-8(2)4-9(8)3-6(7(11)12)10-5-9/h6,10H,3-5H2,1-2H3,(H,11,12)/t6-,9?/m0/s1. The van der Waals surface area contributed by atoms with Gasteiger partial charge in [0.05, 0.1) is 0 Å². The van der Waals surface area contributed by atoms with E-state index in [1.165, 1.54) is 6.42 Å². The summed E-state index contributed by atoms with van der Waals surface area (Å²) in [5.74, 6) is -0.699. The Labute approximate surface area is 72.2 Å². The molecule has 1 aliphatic carbocycles. The number of carboxylic acids is 1. The van der Waals surface area contributed by atoms with Crippen LogP contribution in [0.15, 0.2) is 0 Å². The molecule has 2 N–H and O–H groups in total. The summed E-state index contributed by atoms with van der Waals surface area (Å²) in [4.78, 5) is 10.7. The summed E-state index contributed by atoms with van der Waals surface area (Å²) >= 11 is 0. The van der Waals surface area contributed by atoms with Gasteiger partial charge in [0, 0.05) is 6.54 Å². The summed E-state index contributed by atoms with van der Waals surface area (Å²) in [5, 5.41) is 11.8. The number of carboxylic acid groups (broad SMARTS) is 1. The SMILES string of the molecule is CC1(C)CC12CN[C@H](C(=O)O)C2. The minimum Gasteiger partial charge on any atom is -0.480 e. The normalized spacial score (nSPS) is 43.3. The number of aliphatic carboxylic acids is 1. The number of carbonyl (C=O) groups is 1. The first-order valence-corrected chi connectivity index (χ1v) is 4.43. The van der Waals surface area contributed by atoms with Crippen LogP contribution in [0.1, 0.15) is 26.7 Å². The van der Waals surface area contributed by atoms with Crippen LogP contribution in [0, 0.1) is 10.8 Å². The lowest BCUT2D eigenvalue weighted by Crippen LogP contribution is -2.29. The highest BCUT2D eigenvalue weighted by Gasteiger charge is 2.64. The molecule has 1 saturated carbocycles. The molecule has 2 rings (SSSR count). The average Bonchev–Trinajstić information content (AvgIpc) is 2.38. The monoisotopic (exact) mass is 169 g/mol. The Morgan fingerprint density at radius 1 is 1.58 bits per heavy atom. The van der Waals surface area contributed by atoms with Gasteiger partial charge in [0.25, 0.3) is 0 Å². The fraction of sp³-hybridized carbons (Fsp3) is 0.889. The van der Waals surface area contributed by atoms with Crippen LogP contribution in [0.3, 0.4) is 0 Å². The molecule has 2 aliphatic rings. The second-order valence-corrected chi connectivity index (χ2v) is 4.82. The fourth-order valence-electron chi connectivity index (χ4n) is 2.48. The Morgan fingerprint density at radius 3 is 2.42 bits per heavy atom. The van der Waals surface area contributed by atoms with E-state index < -0.39 is 5.97 Å². The number of hydrogen-bond acceptors (Lipinski definition) is 2. The first kappa shape index (κ1) is 8.05. The highest BCUT2D eigenvalue weighted by Crippen LogP contribution is 2.67. The molecule has 0 amide bonds. The first-order valence-electron chi connectivity index (χ1n) is 4.43. The zero-order valence-electron chi connectivity index (χ0n) is 7.55. The predicted octanol–water partition coefficient (Wildman–Crippen LogP) is 0.849. The van der Waals surface area contributed by atoms with Gasteiger partial charge in [0.1, 0.15) is 6.04 Å². The average molecular weight is 169 g/mol. The van der Waals surface area contributed by atoms with E-state index in [4.69, 9.17) is 5.11 Å². The molecule has 1 heterocycles. The summed E-state index contributed by atoms with van der Waals surface area (Å²) < 4.78 is 0. The summed E-state index contributed by atoms with van der Waals surface area (Å²) in [5.41, 5.74) is 0.667. The highest BCUT2D eigenvalue weighted by atomic mass is 16.4. The van der Waals surface area contributed by atoms with Gasteiger partial charge < -0.3 is 10.4 Å². The number of rotatable bonds is 1. The van der Waals surface area contributed by atoms with Crippen LogP contribution in [0.4, 0.5) is 0 Å². The van der Waals surface area contributed by atoms with Crippen molar-refractivity contribution in [1.29, 1.82) is 0 Å². The molecule has 0 bridgehead atoms. The van der Waals surface area contributed by atoms with Crippen LogP contribution in [-0.2, 0) is 4.79 Å². The fourth-order valence-corrected chi connectivity index (χ4v) is 2.48.